The van der Waals surface area contributed by atoms with E-state index >= 15 is 0 Å². The van der Waals surface area contributed by atoms with Crippen LogP contribution in [0.15, 0.2) is 78.2 Å². The maximum Gasteiger partial charge on any atom is 0.255 e. The predicted molar refractivity (Wildman–Crippen MR) is 120 cm³/mol. The van der Waals surface area contributed by atoms with E-state index in [2.05, 4.69) is 5.32 Å². The van der Waals surface area contributed by atoms with Crippen molar-refractivity contribution in [2.24, 2.45) is 0 Å². The van der Waals surface area contributed by atoms with Crippen LogP contribution in [-0.4, -0.2) is 25.1 Å². The van der Waals surface area contributed by atoms with Crippen LogP contribution in [0.4, 0.5) is 5.69 Å². The molecule has 1 N–H and O–H groups in total. The molecule has 0 unspecified atom stereocenters. The number of nitrogens with one attached hydrogen (secondary N) is 1. The van der Waals surface area contributed by atoms with Gasteiger partial charge in [0.2, 0.25) is 0 Å². The molecule has 0 aliphatic rings. The molecule has 1 aromatic heterocycles. The van der Waals surface area contributed by atoms with Gasteiger partial charge in [-0.25, -0.2) is 4.98 Å². The Balaban J connectivity index is 1.54. The number of aromatic nitrogens is 1. The fourth-order valence-electron chi connectivity index (χ4n) is 3.06. The van der Waals surface area contributed by atoms with Gasteiger partial charge in [-0.2, -0.15) is 0 Å². The first-order valence-electron chi connectivity index (χ1n) is 9.32. The zero-order chi connectivity index (χ0) is 20.9. The second-order valence-corrected chi connectivity index (χ2v) is 7.37. The molecule has 4 rings (SSSR count). The Morgan fingerprint density at radius 2 is 1.63 bits per heavy atom. The number of thiazole rings is 1. The summed E-state index contributed by atoms with van der Waals surface area (Å²) in [5, 5.41) is 5.92. The third-order valence-corrected chi connectivity index (χ3v) is 5.48. The van der Waals surface area contributed by atoms with Crippen LogP contribution < -0.4 is 14.8 Å². The van der Waals surface area contributed by atoms with Crippen molar-refractivity contribution >= 4 is 22.9 Å². The number of hydrogen-bond donors (Lipinski definition) is 1. The molecule has 0 atom stereocenters. The molecule has 0 fully saturated rings. The first-order valence-corrected chi connectivity index (χ1v) is 10.2. The van der Waals surface area contributed by atoms with Crippen LogP contribution in [0.3, 0.4) is 0 Å². The fraction of sp³-hybridized carbons (Fsp3) is 0.0833. The molecule has 4 aromatic rings. The quantitative estimate of drug-likeness (QED) is 0.435. The standard InChI is InChI=1S/C24H20N2O3S/c1-28-21-12-11-18(14-22(21)29-2)23(27)25-19-10-6-9-17(13-19)20-15-30-24(26-20)16-7-4-3-5-8-16/h3-15H,1-2H3,(H,25,27). The van der Waals surface area contributed by atoms with Crippen molar-refractivity contribution in [1.82, 2.24) is 4.98 Å². The molecular formula is C24H20N2O3S. The van der Waals surface area contributed by atoms with E-state index in [1.807, 2.05) is 60.0 Å². The number of nitrogens with zero attached hydrogens (tertiary/aromatic N) is 1. The van der Waals surface area contributed by atoms with E-state index in [9.17, 15) is 4.79 Å². The van der Waals surface area contributed by atoms with Gasteiger partial charge >= 0.3 is 0 Å². The van der Waals surface area contributed by atoms with Gasteiger partial charge in [0.05, 0.1) is 19.9 Å². The summed E-state index contributed by atoms with van der Waals surface area (Å²) in [6.45, 7) is 0. The Morgan fingerprint density at radius 1 is 0.867 bits per heavy atom. The summed E-state index contributed by atoms with van der Waals surface area (Å²) in [7, 11) is 3.10. The molecule has 30 heavy (non-hydrogen) atoms. The Bertz CT molecular complexity index is 1170. The highest BCUT2D eigenvalue weighted by molar-refractivity contribution is 7.13. The highest BCUT2D eigenvalue weighted by atomic mass is 32.1. The highest BCUT2D eigenvalue weighted by Crippen LogP contribution is 2.31. The summed E-state index contributed by atoms with van der Waals surface area (Å²) in [4.78, 5) is 17.4. The van der Waals surface area contributed by atoms with Gasteiger partial charge in [0.1, 0.15) is 5.01 Å². The normalized spacial score (nSPS) is 10.5. The minimum absolute atomic E-state index is 0.226. The molecule has 0 aliphatic heterocycles. The van der Waals surface area contributed by atoms with Crippen LogP contribution >= 0.6 is 11.3 Å². The van der Waals surface area contributed by atoms with Crippen LogP contribution in [0.5, 0.6) is 11.5 Å². The van der Waals surface area contributed by atoms with Crippen molar-refractivity contribution < 1.29 is 14.3 Å². The maximum absolute atomic E-state index is 12.7. The fourth-order valence-corrected chi connectivity index (χ4v) is 3.89. The third kappa shape index (κ3) is 4.18. The molecule has 1 heterocycles. The van der Waals surface area contributed by atoms with E-state index in [1.165, 1.54) is 0 Å². The summed E-state index contributed by atoms with van der Waals surface area (Å²) in [5.74, 6) is 0.861. The Hall–Kier alpha value is -3.64. The molecule has 6 heteroatoms. The first-order chi connectivity index (χ1) is 14.7. The molecule has 3 aromatic carbocycles. The highest BCUT2D eigenvalue weighted by Gasteiger charge is 2.12. The van der Waals surface area contributed by atoms with Gasteiger partial charge in [0.25, 0.3) is 5.91 Å². The second-order valence-electron chi connectivity index (χ2n) is 6.51. The average molecular weight is 417 g/mol. The summed E-state index contributed by atoms with van der Waals surface area (Å²) in [6.07, 6.45) is 0. The second kappa shape index (κ2) is 8.80. The van der Waals surface area contributed by atoms with Crippen LogP contribution in [-0.2, 0) is 0 Å². The van der Waals surface area contributed by atoms with Crippen LogP contribution in [0.25, 0.3) is 21.8 Å². The van der Waals surface area contributed by atoms with Gasteiger partial charge in [-0.15, -0.1) is 11.3 Å². The van der Waals surface area contributed by atoms with E-state index in [0.29, 0.717) is 22.7 Å². The molecule has 0 spiro atoms. The number of amides is 1. The van der Waals surface area contributed by atoms with Gasteiger partial charge in [0.15, 0.2) is 11.5 Å². The lowest BCUT2D eigenvalue weighted by Gasteiger charge is -2.10. The van der Waals surface area contributed by atoms with Gasteiger partial charge in [0, 0.05) is 27.8 Å². The van der Waals surface area contributed by atoms with Crippen molar-refractivity contribution in [2.75, 3.05) is 19.5 Å². The van der Waals surface area contributed by atoms with Gasteiger partial charge in [-0.3, -0.25) is 4.79 Å². The smallest absolute Gasteiger partial charge is 0.255 e. The molecule has 0 radical (unpaired) electrons. The summed E-state index contributed by atoms with van der Waals surface area (Å²) in [6, 6.07) is 22.8. The number of benzene rings is 3. The molecule has 0 aliphatic carbocycles. The Kier molecular flexibility index (Phi) is 5.77. The van der Waals surface area contributed by atoms with Crippen molar-refractivity contribution in [2.45, 2.75) is 0 Å². The number of hydrogen-bond acceptors (Lipinski definition) is 5. The van der Waals surface area contributed by atoms with Crippen molar-refractivity contribution in [1.29, 1.82) is 0 Å². The SMILES string of the molecule is COc1ccc(C(=O)Nc2cccc(-c3csc(-c4ccccc4)n3)c2)cc1OC. The van der Waals surface area contributed by atoms with Crippen molar-refractivity contribution in [3.8, 4) is 33.3 Å². The zero-order valence-electron chi connectivity index (χ0n) is 16.6. The summed E-state index contributed by atoms with van der Waals surface area (Å²) >= 11 is 1.60. The lowest BCUT2D eigenvalue weighted by atomic mass is 10.1. The molecule has 0 saturated heterocycles. The monoisotopic (exact) mass is 416 g/mol. The van der Waals surface area contributed by atoms with Gasteiger partial charge < -0.3 is 14.8 Å². The minimum Gasteiger partial charge on any atom is -0.493 e. The molecule has 0 bridgehead atoms. The number of anilines is 1. The largest absolute Gasteiger partial charge is 0.493 e. The zero-order valence-corrected chi connectivity index (χ0v) is 17.4. The molecule has 1 amide bonds. The number of ether oxygens (including phenoxy) is 2. The van der Waals surface area contributed by atoms with Crippen LogP contribution in [0.2, 0.25) is 0 Å². The Labute approximate surface area is 178 Å². The van der Waals surface area contributed by atoms with E-state index in [0.717, 1.165) is 21.8 Å². The first kappa shape index (κ1) is 19.7. The average Bonchev–Trinajstić information content (AvgIpc) is 3.30. The number of carbonyl (C=O) groups is 1. The number of rotatable bonds is 6. The van der Waals surface area contributed by atoms with Gasteiger partial charge in [-0.05, 0) is 30.3 Å². The Morgan fingerprint density at radius 3 is 2.40 bits per heavy atom. The number of carbonyl (C=O) groups excluding carboxylic acids is 1. The molecule has 0 saturated carbocycles. The molecular weight excluding hydrogens is 396 g/mol. The van der Waals surface area contributed by atoms with E-state index in [4.69, 9.17) is 14.5 Å². The van der Waals surface area contributed by atoms with E-state index < -0.39 is 0 Å². The maximum atomic E-state index is 12.7. The molecule has 5 nitrogen and oxygen atoms in total. The summed E-state index contributed by atoms with van der Waals surface area (Å²) < 4.78 is 10.5. The van der Waals surface area contributed by atoms with Crippen molar-refractivity contribution in [3.63, 3.8) is 0 Å². The van der Waals surface area contributed by atoms with E-state index in [1.54, 1.807) is 43.8 Å². The van der Waals surface area contributed by atoms with Crippen molar-refractivity contribution in [3.05, 3.63) is 83.7 Å². The minimum atomic E-state index is -0.226. The van der Waals surface area contributed by atoms with Crippen LogP contribution in [0, 0.1) is 0 Å². The molecule has 150 valence electrons. The lowest BCUT2D eigenvalue weighted by Crippen LogP contribution is -2.12. The topological polar surface area (TPSA) is 60.5 Å². The van der Waals surface area contributed by atoms with E-state index in [-0.39, 0.29) is 5.91 Å². The third-order valence-electron chi connectivity index (χ3n) is 4.59. The number of methoxy groups -OCH3 is 2. The van der Waals surface area contributed by atoms with Crippen LogP contribution in [0.1, 0.15) is 10.4 Å². The summed E-state index contributed by atoms with van der Waals surface area (Å²) in [5.41, 5.74) is 4.09. The van der Waals surface area contributed by atoms with Gasteiger partial charge in [-0.1, -0.05) is 42.5 Å². The predicted octanol–water partition coefficient (Wildman–Crippen LogP) is 5.75. The lowest BCUT2D eigenvalue weighted by molar-refractivity contribution is 0.102.